The lowest BCUT2D eigenvalue weighted by molar-refractivity contribution is -0.139. The number of aliphatic carboxylic acids is 1. The quantitative estimate of drug-likeness (QED) is 0.817. The third-order valence-electron chi connectivity index (χ3n) is 3.14. The van der Waals surface area contributed by atoms with Crippen molar-refractivity contribution in [3.05, 3.63) is 35.9 Å². The molecule has 0 radical (unpaired) electrons. The zero-order chi connectivity index (χ0) is 13.7. The second-order valence-electron chi connectivity index (χ2n) is 4.51. The number of carboxylic acids is 1. The molecule has 98 valence electrons. The van der Waals surface area contributed by atoms with E-state index in [9.17, 15) is 9.59 Å². The van der Waals surface area contributed by atoms with E-state index in [2.05, 4.69) is 11.8 Å². The Morgan fingerprint density at radius 3 is 2.74 bits per heavy atom. The average molecular weight is 257 g/mol. The van der Waals surface area contributed by atoms with Gasteiger partial charge in [-0.2, -0.15) is 0 Å². The summed E-state index contributed by atoms with van der Waals surface area (Å²) in [5, 5.41) is 8.81. The number of benzene rings is 1. The number of amides is 1. The smallest absolute Gasteiger partial charge is 0.305 e. The second-order valence-corrected chi connectivity index (χ2v) is 4.51. The van der Waals surface area contributed by atoms with E-state index in [1.54, 1.807) is 4.90 Å². The molecule has 0 saturated carbocycles. The largest absolute Gasteiger partial charge is 0.481 e. The Morgan fingerprint density at radius 2 is 2.05 bits per heavy atom. The first-order chi connectivity index (χ1) is 9.16. The van der Waals surface area contributed by atoms with Crippen LogP contribution in [0.15, 0.2) is 30.3 Å². The first-order valence-corrected chi connectivity index (χ1v) is 6.26. The number of rotatable bonds is 2. The zero-order valence-corrected chi connectivity index (χ0v) is 10.5. The first-order valence-electron chi connectivity index (χ1n) is 6.26. The van der Waals surface area contributed by atoms with Crippen LogP contribution in [0.25, 0.3) is 0 Å². The summed E-state index contributed by atoms with van der Waals surface area (Å²) >= 11 is 0. The van der Waals surface area contributed by atoms with Gasteiger partial charge in [-0.15, -0.1) is 0 Å². The summed E-state index contributed by atoms with van der Waals surface area (Å²) in [6, 6.07) is 9.05. The maximum atomic E-state index is 12.0. The highest BCUT2D eigenvalue weighted by Crippen LogP contribution is 2.19. The molecule has 2 rings (SSSR count). The molecule has 1 aliphatic rings. The minimum atomic E-state index is -0.874. The summed E-state index contributed by atoms with van der Waals surface area (Å²) in [6.45, 7) is 0.597. The number of carboxylic acid groups (broad SMARTS) is 1. The van der Waals surface area contributed by atoms with Gasteiger partial charge in [0.05, 0.1) is 6.42 Å². The molecule has 0 aliphatic carbocycles. The summed E-state index contributed by atoms with van der Waals surface area (Å²) in [6.07, 6.45) is 1.58. The van der Waals surface area contributed by atoms with Crippen LogP contribution in [0.1, 0.15) is 24.8 Å². The van der Waals surface area contributed by atoms with Crippen molar-refractivity contribution in [2.75, 3.05) is 6.54 Å². The predicted molar refractivity (Wildman–Crippen MR) is 70.3 cm³/mol. The van der Waals surface area contributed by atoms with Gasteiger partial charge in [-0.3, -0.25) is 9.59 Å². The van der Waals surface area contributed by atoms with Crippen LogP contribution in [0.3, 0.4) is 0 Å². The van der Waals surface area contributed by atoms with E-state index in [1.165, 1.54) is 0 Å². The lowest BCUT2D eigenvalue weighted by Gasteiger charge is -2.20. The Hall–Kier alpha value is -2.28. The monoisotopic (exact) mass is 257 g/mol. The lowest BCUT2D eigenvalue weighted by Crippen LogP contribution is -2.35. The first kappa shape index (κ1) is 13.2. The van der Waals surface area contributed by atoms with Gasteiger partial charge >= 0.3 is 5.97 Å². The van der Waals surface area contributed by atoms with Gasteiger partial charge in [-0.05, 0) is 25.0 Å². The molecule has 1 N–H and O–H groups in total. The van der Waals surface area contributed by atoms with Crippen molar-refractivity contribution in [3.63, 3.8) is 0 Å². The number of hydrogen-bond acceptors (Lipinski definition) is 2. The molecule has 4 heteroatoms. The fourth-order valence-electron chi connectivity index (χ4n) is 2.24. The molecule has 0 bridgehead atoms. The molecule has 1 aliphatic heterocycles. The van der Waals surface area contributed by atoms with Crippen molar-refractivity contribution in [1.29, 1.82) is 0 Å². The van der Waals surface area contributed by atoms with Gasteiger partial charge in [0.15, 0.2) is 0 Å². The third-order valence-corrected chi connectivity index (χ3v) is 3.14. The van der Waals surface area contributed by atoms with Crippen LogP contribution < -0.4 is 0 Å². The van der Waals surface area contributed by atoms with E-state index < -0.39 is 5.97 Å². The summed E-state index contributed by atoms with van der Waals surface area (Å²) in [5.74, 6) is 4.24. The Balaban J connectivity index is 2.04. The summed E-state index contributed by atoms with van der Waals surface area (Å²) in [4.78, 5) is 24.3. The minimum absolute atomic E-state index is 0.00123. The SMILES string of the molecule is O=C(O)CC1CCCN1C(=O)C#Cc1ccccc1. The molecule has 1 heterocycles. The summed E-state index contributed by atoms with van der Waals surface area (Å²) < 4.78 is 0. The van der Waals surface area contributed by atoms with Crippen LogP contribution in [-0.4, -0.2) is 34.5 Å². The van der Waals surface area contributed by atoms with Gasteiger partial charge in [-0.25, -0.2) is 0 Å². The van der Waals surface area contributed by atoms with Crippen molar-refractivity contribution < 1.29 is 14.7 Å². The molecule has 1 atom stereocenters. The van der Waals surface area contributed by atoms with Crippen LogP contribution >= 0.6 is 0 Å². The standard InChI is InChI=1S/C15H15NO3/c17-14(9-8-12-5-2-1-3-6-12)16-10-4-7-13(16)11-15(18)19/h1-3,5-6,13H,4,7,10-11H2,(H,18,19). The van der Waals surface area contributed by atoms with Crippen molar-refractivity contribution >= 4 is 11.9 Å². The van der Waals surface area contributed by atoms with E-state index in [1.807, 2.05) is 30.3 Å². The van der Waals surface area contributed by atoms with E-state index in [0.29, 0.717) is 6.54 Å². The highest BCUT2D eigenvalue weighted by Gasteiger charge is 2.29. The zero-order valence-electron chi connectivity index (χ0n) is 10.5. The molecule has 4 nitrogen and oxygen atoms in total. The number of likely N-dealkylation sites (tertiary alicyclic amines) is 1. The van der Waals surface area contributed by atoms with Gasteiger partial charge in [-0.1, -0.05) is 24.1 Å². The van der Waals surface area contributed by atoms with E-state index in [4.69, 9.17) is 5.11 Å². The predicted octanol–water partition coefficient (Wildman–Crippen LogP) is 1.50. The highest BCUT2D eigenvalue weighted by atomic mass is 16.4. The Labute approximate surface area is 112 Å². The summed E-state index contributed by atoms with van der Waals surface area (Å²) in [7, 11) is 0. The Kier molecular flexibility index (Phi) is 4.19. The third kappa shape index (κ3) is 3.59. The fraction of sp³-hybridized carbons (Fsp3) is 0.333. The van der Waals surface area contributed by atoms with Crippen molar-refractivity contribution in [3.8, 4) is 11.8 Å². The maximum absolute atomic E-state index is 12.0. The van der Waals surface area contributed by atoms with E-state index in [0.717, 1.165) is 18.4 Å². The van der Waals surface area contributed by atoms with Crippen LogP contribution in [0, 0.1) is 11.8 Å². The number of hydrogen-bond donors (Lipinski definition) is 1. The maximum Gasteiger partial charge on any atom is 0.305 e. The fourth-order valence-corrected chi connectivity index (χ4v) is 2.24. The molecule has 19 heavy (non-hydrogen) atoms. The molecule has 1 aromatic rings. The minimum Gasteiger partial charge on any atom is -0.481 e. The molecule has 1 unspecified atom stereocenters. The number of carbonyl (C=O) groups excluding carboxylic acids is 1. The molecule has 1 fully saturated rings. The lowest BCUT2D eigenvalue weighted by atomic mass is 10.1. The van der Waals surface area contributed by atoms with Gasteiger partial charge in [0, 0.05) is 24.1 Å². The van der Waals surface area contributed by atoms with Crippen molar-refractivity contribution in [2.45, 2.75) is 25.3 Å². The molecule has 1 saturated heterocycles. The average Bonchev–Trinajstić information content (AvgIpc) is 2.84. The van der Waals surface area contributed by atoms with Gasteiger partial charge < -0.3 is 10.0 Å². The van der Waals surface area contributed by atoms with Crippen LogP contribution in [0.5, 0.6) is 0 Å². The molecule has 1 aromatic carbocycles. The number of nitrogens with zero attached hydrogens (tertiary/aromatic N) is 1. The molecule has 0 aromatic heterocycles. The molecular formula is C15H15NO3. The Morgan fingerprint density at radius 1 is 1.32 bits per heavy atom. The molecular weight excluding hydrogens is 242 g/mol. The van der Waals surface area contributed by atoms with Gasteiger partial charge in [0.1, 0.15) is 0 Å². The van der Waals surface area contributed by atoms with Crippen molar-refractivity contribution in [2.24, 2.45) is 0 Å². The summed E-state index contributed by atoms with van der Waals surface area (Å²) in [5.41, 5.74) is 0.782. The van der Waals surface area contributed by atoms with Crippen molar-refractivity contribution in [1.82, 2.24) is 4.90 Å². The highest BCUT2D eigenvalue weighted by molar-refractivity contribution is 5.94. The van der Waals surface area contributed by atoms with E-state index in [-0.39, 0.29) is 18.4 Å². The normalized spacial score (nSPS) is 17.7. The van der Waals surface area contributed by atoms with Gasteiger partial charge in [0.2, 0.25) is 0 Å². The second kappa shape index (κ2) is 6.05. The van der Waals surface area contributed by atoms with Crippen LogP contribution in [0.4, 0.5) is 0 Å². The molecule has 1 amide bonds. The van der Waals surface area contributed by atoms with Gasteiger partial charge in [0.25, 0.3) is 5.91 Å². The van der Waals surface area contributed by atoms with Crippen LogP contribution in [-0.2, 0) is 9.59 Å². The van der Waals surface area contributed by atoms with E-state index >= 15 is 0 Å². The Bertz CT molecular complexity index is 527. The molecule has 0 spiro atoms. The number of carbonyl (C=O) groups is 2. The van der Waals surface area contributed by atoms with Crippen LogP contribution in [0.2, 0.25) is 0 Å². The topological polar surface area (TPSA) is 57.6 Å².